The zero-order chi connectivity index (χ0) is 14.1. The Morgan fingerprint density at radius 1 is 0.944 bits per heavy atom. The molecule has 1 rings (SSSR count). The van der Waals surface area contributed by atoms with Gasteiger partial charge in [-0.25, -0.2) is 0 Å². The number of benzene rings is 1. The van der Waals surface area contributed by atoms with Crippen molar-refractivity contribution in [2.24, 2.45) is 0 Å². The molecule has 0 fully saturated rings. The molecule has 1 aromatic rings. The van der Waals surface area contributed by atoms with Crippen LogP contribution >= 0.6 is 0 Å². The number of hydrogen-bond donors (Lipinski definition) is 1. The van der Waals surface area contributed by atoms with E-state index >= 15 is 0 Å². The Hall–Kier alpha value is -1.33. The van der Waals surface area contributed by atoms with Gasteiger partial charge in [0.2, 0.25) is 0 Å². The van der Waals surface area contributed by atoms with Gasteiger partial charge in [-0.2, -0.15) is 22.0 Å². The summed E-state index contributed by atoms with van der Waals surface area (Å²) in [5.41, 5.74) is -0.942. The maximum Gasteiger partial charge on any atom is 0.458 e. The molecule has 0 spiro atoms. The molecule has 18 heavy (non-hydrogen) atoms. The number of phenols is 1. The van der Waals surface area contributed by atoms with E-state index in [1.807, 2.05) is 0 Å². The highest BCUT2D eigenvalue weighted by Gasteiger charge is 2.58. The van der Waals surface area contributed by atoms with E-state index in [0.29, 0.717) is 12.1 Å². The summed E-state index contributed by atoms with van der Waals surface area (Å²) in [5, 5.41) is 9.66. The standard InChI is InChI=1S/C12H13F5O/c1-3-7-5-9(6-8(4-2)10(7)18)11(13,14)12(15,16)17/h5-6,18H,3-4H2,1-2H3. The van der Waals surface area contributed by atoms with Crippen LogP contribution in [0.3, 0.4) is 0 Å². The highest BCUT2D eigenvalue weighted by molar-refractivity contribution is 5.45. The summed E-state index contributed by atoms with van der Waals surface area (Å²) >= 11 is 0. The summed E-state index contributed by atoms with van der Waals surface area (Å²) in [6.45, 7) is 3.15. The third-order valence-electron chi connectivity index (χ3n) is 2.75. The van der Waals surface area contributed by atoms with Crippen molar-refractivity contribution in [2.75, 3.05) is 0 Å². The third kappa shape index (κ3) is 2.42. The molecule has 0 aliphatic carbocycles. The molecule has 0 amide bonds. The summed E-state index contributed by atoms with van der Waals surface area (Å²) < 4.78 is 63.3. The summed E-state index contributed by atoms with van der Waals surface area (Å²) in [4.78, 5) is 0. The van der Waals surface area contributed by atoms with Crippen molar-refractivity contribution >= 4 is 0 Å². The lowest BCUT2D eigenvalue weighted by Crippen LogP contribution is -2.33. The largest absolute Gasteiger partial charge is 0.507 e. The molecule has 0 saturated heterocycles. The second-order valence-electron chi connectivity index (χ2n) is 3.92. The zero-order valence-electron chi connectivity index (χ0n) is 9.91. The molecule has 0 heterocycles. The molecule has 1 nitrogen and oxygen atoms in total. The molecule has 0 atom stereocenters. The van der Waals surface area contributed by atoms with E-state index in [1.54, 1.807) is 13.8 Å². The minimum absolute atomic E-state index is 0.0910. The number of rotatable bonds is 3. The molecule has 0 aromatic heterocycles. The molecule has 102 valence electrons. The summed E-state index contributed by atoms with van der Waals surface area (Å²) in [7, 11) is 0. The number of hydrogen-bond acceptors (Lipinski definition) is 1. The Morgan fingerprint density at radius 3 is 1.61 bits per heavy atom. The molecule has 0 radical (unpaired) electrons. The van der Waals surface area contributed by atoms with E-state index in [0.717, 1.165) is 0 Å². The first-order valence-corrected chi connectivity index (χ1v) is 5.44. The summed E-state index contributed by atoms with van der Waals surface area (Å²) in [6, 6.07) is 1.42. The summed E-state index contributed by atoms with van der Waals surface area (Å²) in [5.74, 6) is -5.11. The fraction of sp³-hybridized carbons (Fsp3) is 0.500. The molecule has 0 unspecified atom stereocenters. The lowest BCUT2D eigenvalue weighted by Gasteiger charge is -2.21. The second kappa shape index (κ2) is 4.74. The van der Waals surface area contributed by atoms with E-state index < -0.39 is 17.7 Å². The van der Waals surface area contributed by atoms with Gasteiger partial charge in [0, 0.05) is 5.56 Å². The smallest absolute Gasteiger partial charge is 0.458 e. The average Bonchev–Trinajstić information content (AvgIpc) is 2.27. The van der Waals surface area contributed by atoms with Crippen LogP contribution in [0.15, 0.2) is 12.1 Å². The third-order valence-corrected chi connectivity index (χ3v) is 2.75. The van der Waals surface area contributed by atoms with Gasteiger partial charge in [-0.05, 0) is 36.1 Å². The van der Waals surface area contributed by atoms with Gasteiger partial charge in [0.25, 0.3) is 0 Å². The molecule has 1 aromatic carbocycles. The van der Waals surface area contributed by atoms with Gasteiger partial charge < -0.3 is 5.11 Å². The van der Waals surface area contributed by atoms with Crippen LogP contribution in [-0.4, -0.2) is 11.3 Å². The molecular weight excluding hydrogens is 255 g/mol. The van der Waals surface area contributed by atoms with Crippen LogP contribution in [0, 0.1) is 0 Å². The van der Waals surface area contributed by atoms with Crippen molar-refractivity contribution in [1.29, 1.82) is 0 Å². The molecule has 6 heteroatoms. The molecule has 0 aliphatic rings. The fourth-order valence-electron chi connectivity index (χ4n) is 1.64. The molecule has 0 aliphatic heterocycles. The average molecular weight is 268 g/mol. The van der Waals surface area contributed by atoms with Gasteiger partial charge in [0.1, 0.15) is 5.75 Å². The molecule has 1 N–H and O–H groups in total. The van der Waals surface area contributed by atoms with Crippen LogP contribution in [0.5, 0.6) is 5.75 Å². The minimum Gasteiger partial charge on any atom is -0.507 e. The Balaban J connectivity index is 3.43. The van der Waals surface area contributed by atoms with Crippen molar-refractivity contribution in [1.82, 2.24) is 0 Å². The van der Waals surface area contributed by atoms with Crippen LogP contribution in [0.25, 0.3) is 0 Å². The fourth-order valence-corrected chi connectivity index (χ4v) is 1.64. The number of aryl methyl sites for hydroxylation is 2. The van der Waals surface area contributed by atoms with Crippen molar-refractivity contribution in [2.45, 2.75) is 38.8 Å². The first-order chi connectivity index (χ1) is 8.15. The lowest BCUT2D eigenvalue weighted by molar-refractivity contribution is -0.289. The number of alkyl halides is 5. The van der Waals surface area contributed by atoms with Gasteiger partial charge in [-0.15, -0.1) is 0 Å². The Bertz CT molecular complexity index is 412. The number of halogens is 5. The predicted octanol–water partition coefficient (Wildman–Crippen LogP) is 4.17. The van der Waals surface area contributed by atoms with Crippen LogP contribution < -0.4 is 0 Å². The first-order valence-electron chi connectivity index (χ1n) is 5.44. The Labute approximate surface area is 101 Å². The normalized spacial score (nSPS) is 12.8. The molecule has 0 saturated carbocycles. The minimum atomic E-state index is -5.64. The van der Waals surface area contributed by atoms with Gasteiger partial charge in [0.05, 0.1) is 0 Å². The van der Waals surface area contributed by atoms with Gasteiger partial charge >= 0.3 is 12.1 Å². The Kier molecular flexibility index (Phi) is 3.88. The van der Waals surface area contributed by atoms with E-state index in [9.17, 15) is 27.1 Å². The highest BCUT2D eigenvalue weighted by atomic mass is 19.4. The first kappa shape index (κ1) is 14.7. The van der Waals surface area contributed by atoms with E-state index in [-0.39, 0.29) is 29.7 Å². The topological polar surface area (TPSA) is 20.2 Å². The van der Waals surface area contributed by atoms with E-state index in [1.165, 1.54) is 0 Å². The van der Waals surface area contributed by atoms with Crippen molar-refractivity contribution in [3.63, 3.8) is 0 Å². The van der Waals surface area contributed by atoms with Gasteiger partial charge in [0.15, 0.2) is 0 Å². The predicted molar refractivity (Wildman–Crippen MR) is 56.8 cm³/mol. The number of phenolic OH excluding ortho intramolecular Hbond substituents is 1. The lowest BCUT2D eigenvalue weighted by atomic mass is 9.97. The van der Waals surface area contributed by atoms with Crippen LogP contribution in [-0.2, 0) is 18.8 Å². The van der Waals surface area contributed by atoms with Gasteiger partial charge in [-0.3, -0.25) is 0 Å². The molecular formula is C12H13F5O. The van der Waals surface area contributed by atoms with Crippen molar-refractivity contribution in [3.05, 3.63) is 28.8 Å². The highest BCUT2D eigenvalue weighted by Crippen LogP contribution is 2.45. The van der Waals surface area contributed by atoms with E-state index in [4.69, 9.17) is 0 Å². The summed E-state index contributed by atoms with van der Waals surface area (Å²) in [6.07, 6.45) is -5.28. The Morgan fingerprint density at radius 2 is 1.33 bits per heavy atom. The maximum absolute atomic E-state index is 13.2. The second-order valence-corrected chi connectivity index (χ2v) is 3.92. The van der Waals surface area contributed by atoms with Crippen molar-refractivity contribution < 1.29 is 27.1 Å². The molecule has 0 bridgehead atoms. The zero-order valence-corrected chi connectivity index (χ0v) is 9.91. The van der Waals surface area contributed by atoms with E-state index in [2.05, 4.69) is 0 Å². The number of aromatic hydroxyl groups is 1. The van der Waals surface area contributed by atoms with Crippen LogP contribution in [0.1, 0.15) is 30.5 Å². The quantitative estimate of drug-likeness (QED) is 0.816. The van der Waals surface area contributed by atoms with Crippen molar-refractivity contribution in [3.8, 4) is 5.75 Å². The van der Waals surface area contributed by atoms with Crippen LogP contribution in [0.2, 0.25) is 0 Å². The SMILES string of the molecule is CCc1cc(C(F)(F)C(F)(F)F)cc(CC)c1O. The van der Waals surface area contributed by atoms with Crippen LogP contribution in [0.4, 0.5) is 22.0 Å². The maximum atomic E-state index is 13.2. The monoisotopic (exact) mass is 268 g/mol. The van der Waals surface area contributed by atoms with Gasteiger partial charge in [-0.1, -0.05) is 13.8 Å².